The number of piperidine rings is 1. The van der Waals surface area contributed by atoms with Crippen molar-refractivity contribution in [1.29, 1.82) is 0 Å². The lowest BCUT2D eigenvalue weighted by molar-refractivity contribution is 0.0913. The lowest BCUT2D eigenvalue weighted by Crippen LogP contribution is -2.32. The fourth-order valence-corrected chi connectivity index (χ4v) is 1.20. The highest BCUT2D eigenvalue weighted by Gasteiger charge is 2.11. The van der Waals surface area contributed by atoms with Crippen molar-refractivity contribution < 1.29 is 4.84 Å². The number of hydrogen-bond acceptors (Lipinski definition) is 3. The van der Waals surface area contributed by atoms with E-state index in [2.05, 4.69) is 10.2 Å². The molecule has 0 unspecified atom stereocenters. The minimum Gasteiger partial charge on any atom is -0.316 e. The fourth-order valence-electron chi connectivity index (χ4n) is 1.20. The SMILES string of the molecule is NOC[C@H]1CCCNC1. The van der Waals surface area contributed by atoms with Crippen LogP contribution in [0.2, 0.25) is 0 Å². The van der Waals surface area contributed by atoms with Gasteiger partial charge in [0.2, 0.25) is 0 Å². The summed E-state index contributed by atoms with van der Waals surface area (Å²) in [5, 5.41) is 3.28. The van der Waals surface area contributed by atoms with Crippen molar-refractivity contribution in [3.8, 4) is 0 Å². The molecule has 0 aliphatic carbocycles. The van der Waals surface area contributed by atoms with E-state index in [1.807, 2.05) is 0 Å². The molecule has 0 spiro atoms. The molecule has 1 heterocycles. The first-order valence-corrected chi connectivity index (χ1v) is 3.46. The number of nitrogens with one attached hydrogen (secondary N) is 1. The van der Waals surface area contributed by atoms with E-state index in [1.165, 1.54) is 12.8 Å². The first kappa shape index (κ1) is 6.99. The summed E-state index contributed by atoms with van der Waals surface area (Å²) in [6.45, 7) is 2.92. The third-order valence-electron chi connectivity index (χ3n) is 1.73. The third kappa shape index (κ3) is 2.30. The second-order valence-electron chi connectivity index (χ2n) is 2.55. The highest BCUT2D eigenvalue weighted by atomic mass is 16.6. The van der Waals surface area contributed by atoms with Gasteiger partial charge in [0.25, 0.3) is 0 Å². The minimum atomic E-state index is 0.642. The molecule has 3 nitrogen and oxygen atoms in total. The quantitative estimate of drug-likeness (QED) is 0.512. The zero-order chi connectivity index (χ0) is 6.53. The van der Waals surface area contributed by atoms with Crippen LogP contribution in [0.3, 0.4) is 0 Å². The van der Waals surface area contributed by atoms with Crippen molar-refractivity contribution >= 4 is 0 Å². The van der Waals surface area contributed by atoms with Gasteiger partial charge in [-0.25, -0.2) is 5.90 Å². The highest BCUT2D eigenvalue weighted by Crippen LogP contribution is 2.08. The van der Waals surface area contributed by atoms with E-state index < -0.39 is 0 Å². The molecule has 54 valence electrons. The Labute approximate surface area is 55.5 Å². The summed E-state index contributed by atoms with van der Waals surface area (Å²) in [4.78, 5) is 4.54. The van der Waals surface area contributed by atoms with Gasteiger partial charge in [-0.05, 0) is 25.3 Å². The Morgan fingerprint density at radius 2 is 2.56 bits per heavy atom. The molecule has 3 heteroatoms. The van der Waals surface area contributed by atoms with E-state index >= 15 is 0 Å². The lowest BCUT2D eigenvalue weighted by atomic mass is 10.0. The first-order chi connectivity index (χ1) is 4.43. The maximum Gasteiger partial charge on any atom is 0.0719 e. The summed E-state index contributed by atoms with van der Waals surface area (Å²) in [6.07, 6.45) is 2.51. The summed E-state index contributed by atoms with van der Waals surface area (Å²) in [5.74, 6) is 5.57. The largest absolute Gasteiger partial charge is 0.316 e. The summed E-state index contributed by atoms with van der Waals surface area (Å²) in [7, 11) is 0. The number of hydrogen-bond donors (Lipinski definition) is 2. The van der Waals surface area contributed by atoms with Gasteiger partial charge in [-0.3, -0.25) is 0 Å². The van der Waals surface area contributed by atoms with E-state index in [1.54, 1.807) is 0 Å². The second-order valence-corrected chi connectivity index (χ2v) is 2.55. The van der Waals surface area contributed by atoms with Gasteiger partial charge >= 0.3 is 0 Å². The van der Waals surface area contributed by atoms with Crippen LogP contribution in [0.5, 0.6) is 0 Å². The Balaban J connectivity index is 2.08. The summed E-state index contributed by atoms with van der Waals surface area (Å²) in [5.41, 5.74) is 0. The predicted octanol–water partition coefficient (Wildman–Crippen LogP) is -0.124. The number of rotatable bonds is 2. The van der Waals surface area contributed by atoms with Crippen LogP contribution in [-0.2, 0) is 4.84 Å². The van der Waals surface area contributed by atoms with Crippen molar-refractivity contribution in [2.24, 2.45) is 11.8 Å². The average Bonchev–Trinajstić information content (AvgIpc) is 1.91. The molecule has 1 atom stereocenters. The molecule has 1 aliphatic heterocycles. The molecular formula is C6H14N2O. The Kier molecular flexibility index (Phi) is 2.97. The Morgan fingerprint density at radius 1 is 1.67 bits per heavy atom. The zero-order valence-corrected chi connectivity index (χ0v) is 5.60. The molecule has 9 heavy (non-hydrogen) atoms. The second kappa shape index (κ2) is 3.82. The van der Waals surface area contributed by atoms with Gasteiger partial charge in [-0.2, -0.15) is 0 Å². The summed E-state index contributed by atoms with van der Waals surface area (Å²) >= 11 is 0. The van der Waals surface area contributed by atoms with Gasteiger partial charge in [0.15, 0.2) is 0 Å². The minimum absolute atomic E-state index is 0.642. The molecule has 1 rings (SSSR count). The average molecular weight is 130 g/mol. The van der Waals surface area contributed by atoms with Gasteiger partial charge in [0.05, 0.1) is 6.61 Å². The van der Waals surface area contributed by atoms with Crippen LogP contribution in [0.15, 0.2) is 0 Å². The van der Waals surface area contributed by atoms with Crippen LogP contribution in [0.1, 0.15) is 12.8 Å². The Bertz CT molecular complexity index is 68.7. The van der Waals surface area contributed by atoms with Gasteiger partial charge in [0, 0.05) is 6.54 Å². The van der Waals surface area contributed by atoms with E-state index in [0.717, 1.165) is 13.1 Å². The molecule has 1 fully saturated rings. The van der Waals surface area contributed by atoms with Gasteiger partial charge in [-0.1, -0.05) is 0 Å². The van der Waals surface area contributed by atoms with E-state index in [9.17, 15) is 0 Å². The van der Waals surface area contributed by atoms with E-state index in [0.29, 0.717) is 12.5 Å². The topological polar surface area (TPSA) is 47.3 Å². The van der Waals surface area contributed by atoms with E-state index in [4.69, 9.17) is 5.90 Å². The molecule has 0 amide bonds. The molecular weight excluding hydrogens is 116 g/mol. The maximum absolute atomic E-state index is 4.93. The third-order valence-corrected chi connectivity index (χ3v) is 1.73. The summed E-state index contributed by atoms with van der Waals surface area (Å²) < 4.78 is 0. The van der Waals surface area contributed by atoms with Crippen molar-refractivity contribution in [3.05, 3.63) is 0 Å². The standard InChI is InChI=1S/C6H14N2O/c7-9-5-6-2-1-3-8-4-6/h6,8H,1-5,7H2/t6-/m0/s1. The van der Waals surface area contributed by atoms with Gasteiger partial charge < -0.3 is 10.2 Å². The van der Waals surface area contributed by atoms with Crippen molar-refractivity contribution in [1.82, 2.24) is 5.32 Å². The van der Waals surface area contributed by atoms with E-state index in [-0.39, 0.29) is 0 Å². The lowest BCUT2D eigenvalue weighted by Gasteiger charge is -2.20. The monoisotopic (exact) mass is 130 g/mol. The molecule has 1 saturated heterocycles. The molecule has 1 aliphatic rings. The molecule has 0 aromatic heterocycles. The normalized spacial score (nSPS) is 28.3. The molecule has 3 N–H and O–H groups in total. The summed E-state index contributed by atoms with van der Waals surface area (Å²) in [6, 6.07) is 0. The molecule has 0 radical (unpaired) electrons. The maximum atomic E-state index is 4.93. The van der Waals surface area contributed by atoms with Crippen LogP contribution in [0.4, 0.5) is 0 Å². The smallest absolute Gasteiger partial charge is 0.0719 e. The van der Waals surface area contributed by atoms with Gasteiger partial charge in [0.1, 0.15) is 0 Å². The van der Waals surface area contributed by atoms with Crippen LogP contribution in [0, 0.1) is 5.92 Å². The zero-order valence-electron chi connectivity index (χ0n) is 5.60. The van der Waals surface area contributed by atoms with Crippen molar-refractivity contribution in [3.63, 3.8) is 0 Å². The van der Waals surface area contributed by atoms with Crippen LogP contribution in [-0.4, -0.2) is 19.7 Å². The highest BCUT2D eigenvalue weighted by molar-refractivity contribution is 4.67. The van der Waals surface area contributed by atoms with Crippen LogP contribution >= 0.6 is 0 Å². The molecule has 0 bridgehead atoms. The number of nitrogens with two attached hydrogens (primary N) is 1. The molecule has 0 aromatic rings. The van der Waals surface area contributed by atoms with Crippen molar-refractivity contribution in [2.45, 2.75) is 12.8 Å². The van der Waals surface area contributed by atoms with Crippen LogP contribution < -0.4 is 11.2 Å². The predicted molar refractivity (Wildman–Crippen MR) is 35.7 cm³/mol. The fraction of sp³-hybridized carbons (Fsp3) is 1.00. The Hall–Kier alpha value is -0.120. The van der Waals surface area contributed by atoms with Gasteiger partial charge in [-0.15, -0.1) is 0 Å². The molecule has 0 saturated carbocycles. The molecule has 0 aromatic carbocycles. The Morgan fingerprint density at radius 3 is 3.11 bits per heavy atom. The van der Waals surface area contributed by atoms with Crippen molar-refractivity contribution in [2.75, 3.05) is 19.7 Å². The first-order valence-electron chi connectivity index (χ1n) is 3.46. The van der Waals surface area contributed by atoms with Crippen LogP contribution in [0.25, 0.3) is 0 Å².